The topological polar surface area (TPSA) is 65.1 Å². The second-order valence-corrected chi connectivity index (χ2v) is 6.28. The van der Waals surface area contributed by atoms with E-state index in [0.717, 1.165) is 16.5 Å². The Morgan fingerprint density at radius 1 is 0.897 bits per heavy atom. The van der Waals surface area contributed by atoms with Crippen molar-refractivity contribution >= 4 is 28.3 Å². The third-order valence-corrected chi connectivity index (χ3v) is 4.62. The molecule has 0 N–H and O–H groups in total. The van der Waals surface area contributed by atoms with Crippen molar-refractivity contribution in [2.75, 3.05) is 32.3 Å². The first-order valence-electron chi connectivity index (χ1n) is 9.26. The predicted octanol–water partition coefficient (Wildman–Crippen LogP) is 4.07. The van der Waals surface area contributed by atoms with Gasteiger partial charge in [0.1, 0.15) is 0 Å². The van der Waals surface area contributed by atoms with E-state index in [4.69, 9.17) is 14.2 Å². The molecule has 150 valence electrons. The molecule has 0 saturated carbocycles. The van der Waals surface area contributed by atoms with Gasteiger partial charge in [0, 0.05) is 11.9 Å². The van der Waals surface area contributed by atoms with Crippen molar-refractivity contribution in [3.8, 4) is 11.5 Å². The average molecular weight is 393 g/mol. The zero-order valence-electron chi connectivity index (χ0n) is 16.7. The molecule has 6 nitrogen and oxygen atoms in total. The SMILES string of the molecule is CCN(C(=O)COC(=O)c1ccc(OC)c(OC)c1)c1cccc2ccccc12. The number of hydrogen-bond acceptors (Lipinski definition) is 5. The van der Waals surface area contributed by atoms with Gasteiger partial charge in [-0.3, -0.25) is 4.79 Å². The number of ether oxygens (including phenoxy) is 3. The van der Waals surface area contributed by atoms with Gasteiger partial charge < -0.3 is 19.1 Å². The number of benzene rings is 3. The van der Waals surface area contributed by atoms with Crippen molar-refractivity contribution in [1.82, 2.24) is 0 Å². The predicted molar refractivity (Wildman–Crippen MR) is 112 cm³/mol. The highest BCUT2D eigenvalue weighted by Gasteiger charge is 2.19. The highest BCUT2D eigenvalue weighted by Crippen LogP contribution is 2.28. The molecule has 29 heavy (non-hydrogen) atoms. The Morgan fingerprint density at radius 2 is 1.62 bits per heavy atom. The van der Waals surface area contributed by atoms with E-state index >= 15 is 0 Å². The molecule has 0 heterocycles. The first-order valence-corrected chi connectivity index (χ1v) is 9.26. The second kappa shape index (κ2) is 9.10. The summed E-state index contributed by atoms with van der Waals surface area (Å²) in [6.45, 7) is 1.99. The molecule has 3 aromatic rings. The summed E-state index contributed by atoms with van der Waals surface area (Å²) in [4.78, 5) is 26.8. The summed E-state index contributed by atoms with van der Waals surface area (Å²) < 4.78 is 15.6. The van der Waals surface area contributed by atoms with Gasteiger partial charge in [-0.25, -0.2) is 4.79 Å². The van der Waals surface area contributed by atoms with Gasteiger partial charge in [0.15, 0.2) is 18.1 Å². The molecular formula is C23H23NO5. The van der Waals surface area contributed by atoms with Crippen LogP contribution in [-0.4, -0.2) is 39.2 Å². The third-order valence-electron chi connectivity index (χ3n) is 4.62. The van der Waals surface area contributed by atoms with E-state index in [-0.39, 0.29) is 18.1 Å². The minimum Gasteiger partial charge on any atom is -0.493 e. The number of hydrogen-bond donors (Lipinski definition) is 0. The number of amides is 1. The van der Waals surface area contributed by atoms with Gasteiger partial charge in [-0.05, 0) is 36.6 Å². The quantitative estimate of drug-likeness (QED) is 0.566. The molecule has 0 aliphatic rings. The summed E-state index contributed by atoms with van der Waals surface area (Å²) in [5.41, 5.74) is 1.07. The van der Waals surface area contributed by atoms with E-state index in [1.54, 1.807) is 17.0 Å². The molecule has 3 aromatic carbocycles. The largest absolute Gasteiger partial charge is 0.493 e. The maximum atomic E-state index is 12.8. The fraction of sp³-hybridized carbons (Fsp3) is 0.217. The van der Waals surface area contributed by atoms with Crippen molar-refractivity contribution in [2.45, 2.75) is 6.92 Å². The molecule has 0 unspecified atom stereocenters. The standard InChI is InChI=1S/C23H23NO5/c1-4-24(19-11-7-9-16-8-5-6-10-18(16)19)22(25)15-29-23(26)17-12-13-20(27-2)21(14-17)28-3/h5-14H,4,15H2,1-3H3. The van der Waals surface area contributed by atoms with Gasteiger partial charge in [0.05, 0.1) is 25.5 Å². The minimum absolute atomic E-state index is 0.281. The van der Waals surface area contributed by atoms with Gasteiger partial charge >= 0.3 is 5.97 Å². The lowest BCUT2D eigenvalue weighted by molar-refractivity contribution is -0.121. The Bertz CT molecular complexity index is 1030. The number of fused-ring (bicyclic) bond motifs is 1. The monoisotopic (exact) mass is 393 g/mol. The average Bonchev–Trinajstić information content (AvgIpc) is 2.77. The van der Waals surface area contributed by atoms with Gasteiger partial charge in [-0.15, -0.1) is 0 Å². The lowest BCUT2D eigenvalue weighted by Crippen LogP contribution is -2.34. The normalized spacial score (nSPS) is 10.4. The van der Waals surface area contributed by atoms with Crippen LogP contribution in [0.2, 0.25) is 0 Å². The molecule has 0 atom stereocenters. The first-order chi connectivity index (χ1) is 14.1. The molecule has 0 fully saturated rings. The smallest absolute Gasteiger partial charge is 0.338 e. The van der Waals surface area contributed by atoms with Gasteiger partial charge in [0.25, 0.3) is 5.91 Å². The molecule has 0 radical (unpaired) electrons. The lowest BCUT2D eigenvalue weighted by Gasteiger charge is -2.22. The van der Waals surface area contributed by atoms with Crippen LogP contribution in [-0.2, 0) is 9.53 Å². The first kappa shape index (κ1) is 20.2. The van der Waals surface area contributed by atoms with Crippen LogP contribution in [0, 0.1) is 0 Å². The van der Waals surface area contributed by atoms with E-state index in [2.05, 4.69) is 0 Å². The molecule has 3 rings (SSSR count). The van der Waals surface area contributed by atoms with Crippen molar-refractivity contribution in [2.24, 2.45) is 0 Å². The van der Waals surface area contributed by atoms with E-state index in [1.165, 1.54) is 20.3 Å². The molecule has 0 spiro atoms. The van der Waals surface area contributed by atoms with E-state index in [1.807, 2.05) is 49.4 Å². The highest BCUT2D eigenvalue weighted by atomic mass is 16.5. The summed E-state index contributed by atoms with van der Waals surface area (Å²) in [6.07, 6.45) is 0. The van der Waals surface area contributed by atoms with Crippen LogP contribution in [0.1, 0.15) is 17.3 Å². The maximum absolute atomic E-state index is 12.8. The van der Waals surface area contributed by atoms with E-state index < -0.39 is 5.97 Å². The summed E-state index contributed by atoms with van der Waals surface area (Å²) in [5.74, 6) is 0.0263. The van der Waals surface area contributed by atoms with Gasteiger partial charge in [-0.1, -0.05) is 36.4 Å². The highest BCUT2D eigenvalue weighted by molar-refractivity contribution is 6.04. The molecule has 0 saturated heterocycles. The molecule has 6 heteroatoms. The molecule has 0 aliphatic heterocycles. The van der Waals surface area contributed by atoms with Crippen LogP contribution in [0.3, 0.4) is 0 Å². The number of nitrogens with zero attached hydrogens (tertiary/aromatic N) is 1. The number of likely N-dealkylation sites (N-methyl/N-ethyl adjacent to an activating group) is 1. The molecular weight excluding hydrogens is 370 g/mol. The van der Waals surface area contributed by atoms with Crippen molar-refractivity contribution in [3.63, 3.8) is 0 Å². The van der Waals surface area contributed by atoms with Crippen LogP contribution in [0.5, 0.6) is 11.5 Å². The molecule has 0 bridgehead atoms. The molecule has 1 amide bonds. The number of rotatable bonds is 7. The summed E-state index contributed by atoms with van der Waals surface area (Å²) in [7, 11) is 3.00. The number of methoxy groups -OCH3 is 2. The summed E-state index contributed by atoms with van der Waals surface area (Å²) in [6, 6.07) is 18.3. The van der Waals surface area contributed by atoms with Gasteiger partial charge in [0.2, 0.25) is 0 Å². The van der Waals surface area contributed by atoms with Crippen molar-refractivity contribution in [3.05, 3.63) is 66.2 Å². The van der Waals surface area contributed by atoms with Crippen molar-refractivity contribution in [1.29, 1.82) is 0 Å². The fourth-order valence-corrected chi connectivity index (χ4v) is 3.18. The Kier molecular flexibility index (Phi) is 6.34. The van der Waals surface area contributed by atoms with Gasteiger partial charge in [-0.2, -0.15) is 0 Å². The zero-order chi connectivity index (χ0) is 20.8. The van der Waals surface area contributed by atoms with E-state index in [0.29, 0.717) is 18.0 Å². The van der Waals surface area contributed by atoms with Crippen LogP contribution >= 0.6 is 0 Å². The third kappa shape index (κ3) is 4.32. The Hall–Kier alpha value is -3.54. The number of carbonyl (C=O) groups is 2. The fourth-order valence-electron chi connectivity index (χ4n) is 3.18. The number of anilines is 1. The van der Waals surface area contributed by atoms with E-state index in [9.17, 15) is 9.59 Å². The number of esters is 1. The summed E-state index contributed by atoms with van der Waals surface area (Å²) >= 11 is 0. The Balaban J connectivity index is 1.74. The minimum atomic E-state index is -0.603. The van der Waals surface area contributed by atoms with Crippen molar-refractivity contribution < 1.29 is 23.8 Å². The Labute approximate surface area is 169 Å². The van der Waals surface area contributed by atoms with Crippen LogP contribution in [0.25, 0.3) is 10.8 Å². The lowest BCUT2D eigenvalue weighted by atomic mass is 10.1. The summed E-state index contributed by atoms with van der Waals surface area (Å²) in [5, 5.41) is 2.01. The molecule has 0 aromatic heterocycles. The molecule has 0 aliphatic carbocycles. The number of carbonyl (C=O) groups excluding carboxylic acids is 2. The second-order valence-electron chi connectivity index (χ2n) is 6.28. The maximum Gasteiger partial charge on any atom is 0.338 e. The van der Waals surface area contributed by atoms with Crippen LogP contribution < -0.4 is 14.4 Å². The zero-order valence-corrected chi connectivity index (χ0v) is 16.7. The Morgan fingerprint density at radius 3 is 2.34 bits per heavy atom. The van der Waals surface area contributed by atoms with Crippen LogP contribution in [0.15, 0.2) is 60.7 Å². The van der Waals surface area contributed by atoms with Crippen LogP contribution in [0.4, 0.5) is 5.69 Å².